The lowest BCUT2D eigenvalue weighted by Crippen LogP contribution is -2.47. The number of primary amides is 1. The quantitative estimate of drug-likeness (QED) is 0.689. The van der Waals surface area contributed by atoms with E-state index in [2.05, 4.69) is 5.32 Å². The van der Waals surface area contributed by atoms with Crippen LogP contribution >= 0.6 is 0 Å². The smallest absolute Gasteiger partial charge is 0.252 e. The summed E-state index contributed by atoms with van der Waals surface area (Å²) in [5.41, 5.74) is 12.8. The van der Waals surface area contributed by atoms with Gasteiger partial charge < -0.3 is 16.8 Å². The summed E-state index contributed by atoms with van der Waals surface area (Å²) in [6.07, 6.45) is 0. The highest BCUT2D eigenvalue weighted by molar-refractivity contribution is 5.98. The van der Waals surface area contributed by atoms with E-state index < -0.39 is 11.9 Å². The summed E-state index contributed by atoms with van der Waals surface area (Å²) in [6.45, 7) is 5.49. The Labute approximate surface area is 107 Å². The number of hydrogen-bond donors (Lipinski definition) is 3. The van der Waals surface area contributed by atoms with Crippen molar-refractivity contribution in [2.75, 3.05) is 5.73 Å². The molecule has 0 radical (unpaired) electrons. The summed E-state index contributed by atoms with van der Waals surface area (Å²) in [4.78, 5) is 23.2. The van der Waals surface area contributed by atoms with Crippen LogP contribution in [0, 0.1) is 12.8 Å². The molecule has 0 aliphatic rings. The molecule has 1 aromatic rings. The monoisotopic (exact) mass is 249 g/mol. The van der Waals surface area contributed by atoms with Gasteiger partial charge in [0.15, 0.2) is 0 Å². The Morgan fingerprint density at radius 1 is 1.22 bits per heavy atom. The number of nitrogens with two attached hydrogens (primary N) is 2. The number of amides is 2. The van der Waals surface area contributed by atoms with Crippen molar-refractivity contribution in [1.29, 1.82) is 0 Å². The molecule has 5 N–H and O–H groups in total. The maximum atomic E-state index is 12.0. The van der Waals surface area contributed by atoms with Crippen LogP contribution in [0.1, 0.15) is 29.8 Å². The molecule has 98 valence electrons. The van der Waals surface area contributed by atoms with E-state index in [4.69, 9.17) is 11.5 Å². The van der Waals surface area contributed by atoms with Gasteiger partial charge in [-0.2, -0.15) is 0 Å². The lowest BCUT2D eigenvalue weighted by molar-refractivity contribution is -0.120. The molecule has 0 saturated carbocycles. The second kappa shape index (κ2) is 5.53. The van der Waals surface area contributed by atoms with Crippen LogP contribution in [0.3, 0.4) is 0 Å². The van der Waals surface area contributed by atoms with Gasteiger partial charge >= 0.3 is 0 Å². The maximum Gasteiger partial charge on any atom is 0.252 e. The van der Waals surface area contributed by atoms with Gasteiger partial charge in [0.1, 0.15) is 6.04 Å². The van der Waals surface area contributed by atoms with Gasteiger partial charge in [-0.05, 0) is 36.6 Å². The number of benzene rings is 1. The third-order valence-corrected chi connectivity index (χ3v) is 2.62. The molecule has 0 aromatic heterocycles. The normalized spacial score (nSPS) is 12.2. The van der Waals surface area contributed by atoms with E-state index in [1.165, 1.54) is 0 Å². The summed E-state index contributed by atoms with van der Waals surface area (Å²) in [5, 5.41) is 2.62. The first-order chi connectivity index (χ1) is 8.31. The molecule has 0 aliphatic heterocycles. The Bertz CT molecular complexity index is 449. The van der Waals surface area contributed by atoms with Crippen molar-refractivity contribution in [2.24, 2.45) is 11.7 Å². The third-order valence-electron chi connectivity index (χ3n) is 2.62. The van der Waals surface area contributed by atoms with Gasteiger partial charge in [-0.3, -0.25) is 9.59 Å². The molecule has 2 amide bonds. The van der Waals surface area contributed by atoms with Gasteiger partial charge in [0.25, 0.3) is 5.91 Å². The number of carbonyl (C=O) groups excluding carboxylic acids is 2. The Morgan fingerprint density at radius 2 is 1.83 bits per heavy atom. The van der Waals surface area contributed by atoms with Gasteiger partial charge in [-0.15, -0.1) is 0 Å². The van der Waals surface area contributed by atoms with Crippen LogP contribution in [0.4, 0.5) is 5.69 Å². The lowest BCUT2D eigenvalue weighted by Gasteiger charge is -2.19. The van der Waals surface area contributed by atoms with Gasteiger partial charge in [0.05, 0.1) is 0 Å². The van der Waals surface area contributed by atoms with Crippen molar-refractivity contribution >= 4 is 17.5 Å². The molecule has 5 heteroatoms. The molecule has 0 aliphatic carbocycles. The first kappa shape index (κ1) is 14.0. The molecule has 1 unspecified atom stereocenters. The summed E-state index contributed by atoms with van der Waals surface area (Å²) in [7, 11) is 0. The van der Waals surface area contributed by atoms with Crippen LogP contribution in [-0.2, 0) is 4.79 Å². The average Bonchev–Trinajstić information content (AvgIpc) is 2.23. The van der Waals surface area contributed by atoms with E-state index in [9.17, 15) is 9.59 Å². The highest BCUT2D eigenvalue weighted by atomic mass is 16.2. The van der Waals surface area contributed by atoms with Crippen molar-refractivity contribution < 1.29 is 9.59 Å². The van der Waals surface area contributed by atoms with Gasteiger partial charge in [0, 0.05) is 11.3 Å². The van der Waals surface area contributed by atoms with Crippen LogP contribution < -0.4 is 16.8 Å². The average molecular weight is 249 g/mol. The van der Waals surface area contributed by atoms with E-state index in [1.54, 1.807) is 18.2 Å². The molecule has 0 saturated heterocycles. The van der Waals surface area contributed by atoms with Crippen molar-refractivity contribution in [1.82, 2.24) is 5.32 Å². The zero-order chi connectivity index (χ0) is 13.9. The zero-order valence-electron chi connectivity index (χ0n) is 10.9. The van der Waals surface area contributed by atoms with E-state index >= 15 is 0 Å². The largest absolute Gasteiger partial charge is 0.399 e. The Kier molecular flexibility index (Phi) is 4.31. The molecule has 0 heterocycles. The molecule has 0 spiro atoms. The summed E-state index contributed by atoms with van der Waals surface area (Å²) < 4.78 is 0. The second-order valence-corrected chi connectivity index (χ2v) is 4.73. The molecular weight excluding hydrogens is 230 g/mol. The lowest BCUT2D eigenvalue weighted by atomic mass is 10.0. The maximum absolute atomic E-state index is 12.0. The van der Waals surface area contributed by atoms with Crippen molar-refractivity contribution in [2.45, 2.75) is 26.8 Å². The van der Waals surface area contributed by atoms with Crippen LogP contribution in [0.5, 0.6) is 0 Å². The summed E-state index contributed by atoms with van der Waals surface area (Å²) in [5.74, 6) is -0.949. The number of anilines is 1. The predicted octanol–water partition coefficient (Wildman–Crippen LogP) is 0.817. The number of hydrogen-bond acceptors (Lipinski definition) is 3. The van der Waals surface area contributed by atoms with Crippen LogP contribution in [-0.4, -0.2) is 17.9 Å². The molecule has 1 atom stereocenters. The summed E-state index contributed by atoms with van der Waals surface area (Å²) >= 11 is 0. The fourth-order valence-corrected chi connectivity index (χ4v) is 1.73. The Morgan fingerprint density at radius 3 is 2.28 bits per heavy atom. The van der Waals surface area contributed by atoms with E-state index in [0.717, 1.165) is 5.56 Å². The molecule has 0 fully saturated rings. The predicted molar refractivity (Wildman–Crippen MR) is 70.9 cm³/mol. The fraction of sp³-hybridized carbons (Fsp3) is 0.385. The van der Waals surface area contributed by atoms with E-state index in [-0.39, 0.29) is 11.8 Å². The van der Waals surface area contributed by atoms with Crippen molar-refractivity contribution in [3.8, 4) is 0 Å². The number of aryl methyl sites for hydroxylation is 1. The summed E-state index contributed by atoms with van der Waals surface area (Å²) in [6, 6.07) is 4.37. The SMILES string of the molecule is Cc1cc(N)cc(C(=O)NC(C(N)=O)C(C)C)c1. The van der Waals surface area contributed by atoms with E-state index in [1.807, 2.05) is 20.8 Å². The standard InChI is InChI=1S/C13H19N3O2/c1-7(2)11(12(15)17)16-13(18)9-4-8(3)5-10(14)6-9/h4-7,11H,14H2,1-3H3,(H2,15,17)(H,16,18). The van der Waals surface area contributed by atoms with Crippen LogP contribution in [0.15, 0.2) is 18.2 Å². The molecule has 5 nitrogen and oxygen atoms in total. The van der Waals surface area contributed by atoms with Crippen molar-refractivity contribution in [3.63, 3.8) is 0 Å². The first-order valence-corrected chi connectivity index (χ1v) is 5.78. The van der Waals surface area contributed by atoms with Crippen LogP contribution in [0.2, 0.25) is 0 Å². The van der Waals surface area contributed by atoms with E-state index in [0.29, 0.717) is 11.3 Å². The third kappa shape index (κ3) is 3.48. The zero-order valence-corrected chi connectivity index (χ0v) is 10.9. The highest BCUT2D eigenvalue weighted by Crippen LogP contribution is 2.12. The van der Waals surface area contributed by atoms with Crippen LogP contribution in [0.25, 0.3) is 0 Å². The number of nitrogen functional groups attached to an aromatic ring is 1. The van der Waals surface area contributed by atoms with Gasteiger partial charge in [-0.25, -0.2) is 0 Å². The number of carbonyl (C=O) groups is 2. The Balaban J connectivity index is 2.90. The van der Waals surface area contributed by atoms with Gasteiger partial charge in [0.2, 0.25) is 5.91 Å². The topological polar surface area (TPSA) is 98.2 Å². The molecule has 1 rings (SSSR count). The molecule has 1 aromatic carbocycles. The van der Waals surface area contributed by atoms with Gasteiger partial charge in [-0.1, -0.05) is 13.8 Å². The Hall–Kier alpha value is -2.04. The minimum absolute atomic E-state index is 0.0615. The molecule has 0 bridgehead atoms. The number of nitrogens with one attached hydrogen (secondary N) is 1. The molecule has 18 heavy (non-hydrogen) atoms. The second-order valence-electron chi connectivity index (χ2n) is 4.73. The number of rotatable bonds is 4. The molecular formula is C13H19N3O2. The van der Waals surface area contributed by atoms with Crippen molar-refractivity contribution in [3.05, 3.63) is 29.3 Å². The first-order valence-electron chi connectivity index (χ1n) is 5.78. The highest BCUT2D eigenvalue weighted by Gasteiger charge is 2.22. The minimum Gasteiger partial charge on any atom is -0.399 e. The minimum atomic E-state index is -0.681. The fourth-order valence-electron chi connectivity index (χ4n) is 1.73.